The number of Topliss-reactive ketones (excluding diaryl/α,β-unsaturated/α-hetero) is 1. The van der Waals surface area contributed by atoms with E-state index >= 15 is 0 Å². The number of carbonyl (C=O) groups excluding carboxylic acids is 1. The van der Waals surface area contributed by atoms with E-state index in [-0.39, 0.29) is 11.5 Å². The number of nitrogens with zero attached hydrogens (tertiary/aromatic N) is 1. The normalized spacial score (nSPS) is 30.4. The fourth-order valence-electron chi connectivity index (χ4n) is 4.88. The molecule has 2 bridgehead atoms. The first-order valence-corrected chi connectivity index (χ1v) is 8.33. The zero-order chi connectivity index (χ0) is 16.0. The van der Waals surface area contributed by atoms with Gasteiger partial charge in [0.05, 0.1) is 0 Å². The van der Waals surface area contributed by atoms with Crippen LogP contribution in [0.5, 0.6) is 5.75 Å². The summed E-state index contributed by atoms with van der Waals surface area (Å²) in [5, 5.41) is 9.30. The summed E-state index contributed by atoms with van der Waals surface area (Å²) >= 11 is 0. The second-order valence-electron chi connectivity index (χ2n) is 8.40. The van der Waals surface area contributed by atoms with E-state index in [1.54, 1.807) is 24.3 Å². The van der Waals surface area contributed by atoms with Gasteiger partial charge < -0.3 is 5.11 Å². The number of phenolic OH excluding ortho intramolecular Hbond substituents is 1. The number of ketones is 1. The average molecular weight is 301 g/mol. The summed E-state index contributed by atoms with van der Waals surface area (Å²) in [6.45, 7) is 9.15. The molecule has 120 valence electrons. The maximum absolute atomic E-state index is 12.3. The number of phenols is 1. The van der Waals surface area contributed by atoms with E-state index in [0.29, 0.717) is 28.9 Å². The van der Waals surface area contributed by atoms with E-state index in [1.165, 1.54) is 19.3 Å². The average Bonchev–Trinajstić information content (AvgIpc) is 2.65. The first-order chi connectivity index (χ1) is 10.3. The van der Waals surface area contributed by atoms with Gasteiger partial charge in [0.2, 0.25) is 0 Å². The van der Waals surface area contributed by atoms with Crippen LogP contribution in [0.3, 0.4) is 0 Å². The van der Waals surface area contributed by atoms with Gasteiger partial charge in [-0.05, 0) is 54.4 Å². The highest BCUT2D eigenvalue weighted by molar-refractivity contribution is 5.96. The molecule has 0 aromatic heterocycles. The Bertz CT molecular complexity index is 563. The van der Waals surface area contributed by atoms with E-state index in [9.17, 15) is 9.90 Å². The summed E-state index contributed by atoms with van der Waals surface area (Å²) in [6.07, 6.45) is 4.39. The Morgan fingerprint density at radius 3 is 2.59 bits per heavy atom. The van der Waals surface area contributed by atoms with E-state index in [4.69, 9.17) is 0 Å². The molecule has 1 heterocycles. The first kappa shape index (κ1) is 15.5. The molecule has 2 atom stereocenters. The van der Waals surface area contributed by atoms with Gasteiger partial charge in [-0.25, -0.2) is 0 Å². The van der Waals surface area contributed by atoms with Gasteiger partial charge in [0.1, 0.15) is 5.75 Å². The van der Waals surface area contributed by atoms with Gasteiger partial charge in [-0.3, -0.25) is 9.69 Å². The minimum atomic E-state index is 0.172. The lowest BCUT2D eigenvalue weighted by Gasteiger charge is -2.39. The maximum atomic E-state index is 12.3. The van der Waals surface area contributed by atoms with Gasteiger partial charge in [0.15, 0.2) is 5.78 Å². The van der Waals surface area contributed by atoms with Gasteiger partial charge in [0.25, 0.3) is 0 Å². The van der Waals surface area contributed by atoms with Crippen LogP contribution in [-0.4, -0.2) is 34.9 Å². The Labute approximate surface area is 133 Å². The number of likely N-dealkylation sites (tertiary alicyclic amines) is 1. The predicted molar refractivity (Wildman–Crippen MR) is 88.2 cm³/mol. The van der Waals surface area contributed by atoms with Gasteiger partial charge in [-0.15, -0.1) is 0 Å². The van der Waals surface area contributed by atoms with Crippen LogP contribution in [0.15, 0.2) is 24.3 Å². The second-order valence-corrected chi connectivity index (χ2v) is 8.40. The molecule has 3 heteroatoms. The molecular weight excluding hydrogens is 274 g/mol. The Morgan fingerprint density at radius 1 is 1.23 bits per heavy atom. The van der Waals surface area contributed by atoms with Crippen LogP contribution in [0.1, 0.15) is 56.8 Å². The molecule has 2 fully saturated rings. The van der Waals surface area contributed by atoms with Crippen molar-refractivity contribution in [3.05, 3.63) is 29.8 Å². The highest BCUT2D eigenvalue weighted by Crippen LogP contribution is 2.52. The van der Waals surface area contributed by atoms with Gasteiger partial charge >= 0.3 is 0 Å². The molecule has 0 radical (unpaired) electrons. The van der Waals surface area contributed by atoms with Crippen LogP contribution in [0.2, 0.25) is 0 Å². The molecule has 1 N–H and O–H groups in total. The molecule has 1 aromatic rings. The SMILES string of the molecule is CC1(C)CC2CC(C)(CN2CCC(=O)c2ccc(O)cc2)C1. The fourth-order valence-corrected chi connectivity index (χ4v) is 4.88. The molecule has 1 aromatic carbocycles. The number of fused-ring (bicyclic) bond motifs is 2. The maximum Gasteiger partial charge on any atom is 0.164 e. The number of hydrogen-bond acceptors (Lipinski definition) is 3. The minimum Gasteiger partial charge on any atom is -0.508 e. The van der Waals surface area contributed by atoms with Gasteiger partial charge in [-0.1, -0.05) is 20.8 Å². The molecule has 2 unspecified atom stereocenters. The summed E-state index contributed by atoms with van der Waals surface area (Å²) in [7, 11) is 0. The smallest absolute Gasteiger partial charge is 0.164 e. The molecule has 3 nitrogen and oxygen atoms in total. The van der Waals surface area contributed by atoms with Crippen LogP contribution in [0.4, 0.5) is 0 Å². The monoisotopic (exact) mass is 301 g/mol. The Morgan fingerprint density at radius 2 is 1.91 bits per heavy atom. The standard InChI is InChI=1S/C19H27NO2/c1-18(2)10-15-11-19(3,12-18)13-20(15)9-8-17(22)14-4-6-16(21)7-5-14/h4-7,15,21H,8-13H2,1-3H3. The van der Waals surface area contributed by atoms with E-state index in [1.807, 2.05) is 0 Å². The summed E-state index contributed by atoms with van der Waals surface area (Å²) in [6, 6.07) is 7.23. The minimum absolute atomic E-state index is 0.172. The summed E-state index contributed by atoms with van der Waals surface area (Å²) in [5.74, 6) is 0.380. The lowest BCUT2D eigenvalue weighted by Crippen LogP contribution is -2.35. The quantitative estimate of drug-likeness (QED) is 0.858. The third kappa shape index (κ3) is 3.19. The van der Waals surface area contributed by atoms with E-state index in [0.717, 1.165) is 13.1 Å². The van der Waals surface area contributed by atoms with Crippen molar-refractivity contribution in [3.63, 3.8) is 0 Å². The zero-order valence-corrected chi connectivity index (χ0v) is 13.9. The molecule has 1 aliphatic carbocycles. The number of carbonyl (C=O) groups is 1. The van der Waals surface area contributed by atoms with Crippen LogP contribution >= 0.6 is 0 Å². The van der Waals surface area contributed by atoms with Crippen LogP contribution < -0.4 is 0 Å². The summed E-state index contributed by atoms with van der Waals surface area (Å²) in [4.78, 5) is 14.8. The number of hydrogen-bond donors (Lipinski definition) is 1. The molecule has 2 aliphatic rings. The summed E-state index contributed by atoms with van der Waals surface area (Å²) < 4.78 is 0. The largest absolute Gasteiger partial charge is 0.508 e. The van der Waals surface area contributed by atoms with Crippen molar-refractivity contribution < 1.29 is 9.90 Å². The van der Waals surface area contributed by atoms with Gasteiger partial charge in [-0.2, -0.15) is 0 Å². The lowest BCUT2D eigenvalue weighted by molar-refractivity contribution is 0.0954. The Kier molecular flexibility index (Phi) is 3.80. The topological polar surface area (TPSA) is 40.5 Å². The van der Waals surface area contributed by atoms with Crippen LogP contribution in [0, 0.1) is 10.8 Å². The van der Waals surface area contributed by atoms with Gasteiger partial charge in [0, 0.05) is 31.1 Å². The van der Waals surface area contributed by atoms with Crippen LogP contribution in [0.25, 0.3) is 0 Å². The molecular formula is C19H27NO2. The molecule has 1 aliphatic heterocycles. The fraction of sp³-hybridized carbons (Fsp3) is 0.632. The highest BCUT2D eigenvalue weighted by Gasteiger charge is 2.49. The third-order valence-electron chi connectivity index (χ3n) is 5.34. The van der Waals surface area contributed by atoms with Crippen molar-refractivity contribution in [2.24, 2.45) is 10.8 Å². The molecule has 1 saturated carbocycles. The van der Waals surface area contributed by atoms with Crippen molar-refractivity contribution in [2.45, 2.75) is 52.5 Å². The number of rotatable bonds is 4. The molecule has 0 spiro atoms. The highest BCUT2D eigenvalue weighted by atomic mass is 16.3. The van der Waals surface area contributed by atoms with E-state index < -0.39 is 0 Å². The molecule has 1 saturated heterocycles. The van der Waals surface area contributed by atoms with Crippen molar-refractivity contribution >= 4 is 5.78 Å². The molecule has 3 rings (SSSR count). The zero-order valence-electron chi connectivity index (χ0n) is 13.9. The number of aromatic hydroxyl groups is 1. The first-order valence-electron chi connectivity index (χ1n) is 8.33. The van der Waals surface area contributed by atoms with Crippen LogP contribution in [-0.2, 0) is 0 Å². The Hall–Kier alpha value is -1.35. The lowest BCUT2D eigenvalue weighted by atomic mass is 9.65. The van der Waals surface area contributed by atoms with E-state index in [2.05, 4.69) is 25.7 Å². The molecule has 22 heavy (non-hydrogen) atoms. The predicted octanol–water partition coefficient (Wildman–Crippen LogP) is 3.87. The van der Waals surface area contributed by atoms with Crippen molar-refractivity contribution in [3.8, 4) is 5.75 Å². The Balaban J connectivity index is 1.60. The van der Waals surface area contributed by atoms with Crippen molar-refractivity contribution in [2.75, 3.05) is 13.1 Å². The molecule has 0 amide bonds. The second kappa shape index (κ2) is 5.38. The third-order valence-corrected chi connectivity index (χ3v) is 5.34. The van der Waals surface area contributed by atoms with Crippen molar-refractivity contribution in [1.29, 1.82) is 0 Å². The number of benzene rings is 1. The summed E-state index contributed by atoms with van der Waals surface area (Å²) in [5.41, 5.74) is 1.55. The van der Waals surface area contributed by atoms with Crippen molar-refractivity contribution in [1.82, 2.24) is 4.90 Å².